The van der Waals surface area contributed by atoms with Gasteiger partial charge >= 0.3 is 0 Å². The topological polar surface area (TPSA) is 21.3 Å². The van der Waals surface area contributed by atoms with Crippen LogP contribution >= 0.6 is 11.3 Å². The SMILES string of the molecule is CCOC(C)CNCc1cc(-c2ccccc2)cs1. The second-order valence-electron chi connectivity index (χ2n) is 4.56. The summed E-state index contributed by atoms with van der Waals surface area (Å²) in [6, 6.07) is 12.8. The summed E-state index contributed by atoms with van der Waals surface area (Å²) in [5.41, 5.74) is 2.59. The van der Waals surface area contributed by atoms with Gasteiger partial charge in [0.15, 0.2) is 0 Å². The van der Waals surface area contributed by atoms with Gasteiger partial charge in [0.2, 0.25) is 0 Å². The van der Waals surface area contributed by atoms with Crippen LogP contribution in [0.2, 0.25) is 0 Å². The number of thiophene rings is 1. The first-order valence-electron chi connectivity index (χ1n) is 6.74. The van der Waals surface area contributed by atoms with E-state index in [1.165, 1.54) is 16.0 Å². The highest BCUT2D eigenvalue weighted by Gasteiger charge is 2.03. The smallest absolute Gasteiger partial charge is 0.0671 e. The zero-order valence-corrected chi connectivity index (χ0v) is 12.4. The number of hydrogen-bond acceptors (Lipinski definition) is 3. The van der Waals surface area contributed by atoms with Crippen LogP contribution in [-0.2, 0) is 11.3 Å². The van der Waals surface area contributed by atoms with Crippen molar-refractivity contribution in [2.45, 2.75) is 26.5 Å². The number of rotatable bonds is 7. The van der Waals surface area contributed by atoms with Gasteiger partial charge in [0.1, 0.15) is 0 Å². The minimum absolute atomic E-state index is 0.276. The Bertz CT molecular complexity index is 481. The van der Waals surface area contributed by atoms with Gasteiger partial charge in [-0.15, -0.1) is 11.3 Å². The summed E-state index contributed by atoms with van der Waals surface area (Å²) >= 11 is 1.81. The maximum atomic E-state index is 5.50. The largest absolute Gasteiger partial charge is 0.377 e. The van der Waals surface area contributed by atoms with Crippen molar-refractivity contribution in [1.82, 2.24) is 5.32 Å². The molecule has 1 unspecified atom stereocenters. The molecule has 1 heterocycles. The van der Waals surface area contributed by atoms with Crippen molar-refractivity contribution < 1.29 is 4.74 Å². The summed E-state index contributed by atoms with van der Waals surface area (Å²) in [7, 11) is 0. The summed E-state index contributed by atoms with van der Waals surface area (Å²) in [5.74, 6) is 0. The van der Waals surface area contributed by atoms with Crippen molar-refractivity contribution in [2.75, 3.05) is 13.2 Å². The lowest BCUT2D eigenvalue weighted by atomic mass is 10.1. The highest BCUT2D eigenvalue weighted by atomic mass is 32.1. The first kappa shape index (κ1) is 14.3. The monoisotopic (exact) mass is 275 g/mol. The predicted molar refractivity (Wildman–Crippen MR) is 82.5 cm³/mol. The molecule has 1 atom stereocenters. The molecule has 0 radical (unpaired) electrons. The van der Waals surface area contributed by atoms with Crippen LogP contribution in [0.25, 0.3) is 11.1 Å². The zero-order valence-electron chi connectivity index (χ0n) is 11.6. The zero-order chi connectivity index (χ0) is 13.5. The van der Waals surface area contributed by atoms with Gasteiger partial charge in [-0.3, -0.25) is 0 Å². The van der Waals surface area contributed by atoms with Gasteiger partial charge in [-0.1, -0.05) is 30.3 Å². The number of nitrogens with one attached hydrogen (secondary N) is 1. The van der Waals surface area contributed by atoms with Gasteiger partial charge in [-0.2, -0.15) is 0 Å². The van der Waals surface area contributed by atoms with Gasteiger partial charge in [-0.05, 0) is 36.4 Å². The van der Waals surface area contributed by atoms with E-state index < -0.39 is 0 Å². The molecule has 1 N–H and O–H groups in total. The van der Waals surface area contributed by atoms with E-state index in [9.17, 15) is 0 Å². The first-order chi connectivity index (χ1) is 9.29. The lowest BCUT2D eigenvalue weighted by molar-refractivity contribution is 0.0760. The van der Waals surface area contributed by atoms with Crippen molar-refractivity contribution in [1.29, 1.82) is 0 Å². The average molecular weight is 275 g/mol. The minimum atomic E-state index is 0.276. The molecule has 0 aliphatic rings. The summed E-state index contributed by atoms with van der Waals surface area (Å²) < 4.78 is 5.50. The summed E-state index contributed by atoms with van der Waals surface area (Å²) in [6.45, 7) is 6.71. The van der Waals surface area contributed by atoms with Gasteiger partial charge in [-0.25, -0.2) is 0 Å². The Balaban J connectivity index is 1.85. The van der Waals surface area contributed by atoms with Crippen LogP contribution in [-0.4, -0.2) is 19.3 Å². The predicted octanol–water partition coefficient (Wildman–Crippen LogP) is 3.93. The van der Waals surface area contributed by atoms with Crippen LogP contribution in [0, 0.1) is 0 Å². The van der Waals surface area contributed by atoms with Crippen LogP contribution in [0.5, 0.6) is 0 Å². The quantitative estimate of drug-likeness (QED) is 0.826. The third kappa shape index (κ3) is 4.46. The third-order valence-corrected chi connectivity index (χ3v) is 3.88. The lowest BCUT2D eigenvalue weighted by Gasteiger charge is -2.11. The molecule has 1 aromatic heterocycles. The van der Waals surface area contributed by atoms with Crippen LogP contribution < -0.4 is 5.32 Å². The molecule has 0 saturated carbocycles. The fourth-order valence-corrected chi connectivity index (χ4v) is 2.86. The van der Waals surface area contributed by atoms with E-state index in [4.69, 9.17) is 4.74 Å². The Morgan fingerprint density at radius 3 is 2.74 bits per heavy atom. The van der Waals surface area contributed by atoms with Crippen molar-refractivity contribution in [3.8, 4) is 11.1 Å². The first-order valence-corrected chi connectivity index (χ1v) is 7.62. The molecular formula is C16H21NOS. The molecule has 3 heteroatoms. The van der Waals surface area contributed by atoms with Crippen molar-refractivity contribution >= 4 is 11.3 Å². The molecule has 2 nitrogen and oxygen atoms in total. The Hall–Kier alpha value is -1.16. The molecule has 19 heavy (non-hydrogen) atoms. The molecular weight excluding hydrogens is 254 g/mol. The molecule has 0 bridgehead atoms. The summed E-state index contributed by atoms with van der Waals surface area (Å²) in [6.07, 6.45) is 0.276. The van der Waals surface area contributed by atoms with E-state index in [-0.39, 0.29) is 6.10 Å². The molecule has 0 saturated heterocycles. The normalized spacial score (nSPS) is 12.5. The fraction of sp³-hybridized carbons (Fsp3) is 0.375. The molecule has 0 aliphatic carbocycles. The maximum Gasteiger partial charge on any atom is 0.0671 e. The van der Waals surface area contributed by atoms with E-state index >= 15 is 0 Å². The van der Waals surface area contributed by atoms with Crippen LogP contribution in [0.4, 0.5) is 0 Å². The molecule has 0 spiro atoms. The Morgan fingerprint density at radius 1 is 1.21 bits per heavy atom. The van der Waals surface area contributed by atoms with Crippen LogP contribution in [0.1, 0.15) is 18.7 Å². The second kappa shape index (κ2) is 7.43. The third-order valence-electron chi connectivity index (χ3n) is 2.94. The van der Waals surface area contributed by atoms with Gasteiger partial charge in [0.25, 0.3) is 0 Å². The molecule has 1 aromatic carbocycles. The highest BCUT2D eigenvalue weighted by molar-refractivity contribution is 7.10. The fourth-order valence-electron chi connectivity index (χ4n) is 2.00. The highest BCUT2D eigenvalue weighted by Crippen LogP contribution is 2.25. The van der Waals surface area contributed by atoms with E-state index in [1.807, 2.05) is 13.0 Å². The van der Waals surface area contributed by atoms with Gasteiger partial charge in [0.05, 0.1) is 6.10 Å². The molecule has 0 aliphatic heterocycles. The second-order valence-corrected chi connectivity index (χ2v) is 5.56. The molecule has 2 aromatic rings. The summed E-state index contributed by atoms with van der Waals surface area (Å²) in [4.78, 5) is 1.36. The molecule has 2 rings (SSSR count). The Morgan fingerprint density at radius 2 is 2.00 bits per heavy atom. The van der Waals surface area contributed by atoms with E-state index in [0.29, 0.717) is 0 Å². The van der Waals surface area contributed by atoms with Crippen molar-refractivity contribution in [3.05, 3.63) is 46.7 Å². The van der Waals surface area contributed by atoms with E-state index in [1.54, 1.807) is 11.3 Å². The number of benzene rings is 1. The van der Waals surface area contributed by atoms with Gasteiger partial charge < -0.3 is 10.1 Å². The molecule has 102 valence electrons. The number of ether oxygens (including phenoxy) is 1. The van der Waals surface area contributed by atoms with Crippen molar-refractivity contribution in [2.24, 2.45) is 0 Å². The molecule has 0 amide bonds. The average Bonchev–Trinajstić information content (AvgIpc) is 2.89. The Labute approximate surface area is 119 Å². The maximum absolute atomic E-state index is 5.50. The number of hydrogen-bond donors (Lipinski definition) is 1. The molecule has 0 fully saturated rings. The van der Waals surface area contributed by atoms with Gasteiger partial charge in [0, 0.05) is 24.6 Å². The van der Waals surface area contributed by atoms with Crippen molar-refractivity contribution in [3.63, 3.8) is 0 Å². The Kier molecular flexibility index (Phi) is 5.58. The van der Waals surface area contributed by atoms with Crippen LogP contribution in [0.3, 0.4) is 0 Å². The minimum Gasteiger partial charge on any atom is -0.377 e. The summed E-state index contributed by atoms with van der Waals surface area (Å²) in [5, 5.41) is 5.66. The standard InChI is InChI=1S/C16H21NOS/c1-3-18-13(2)10-17-11-16-9-15(12-19-16)14-7-5-4-6-8-14/h4-9,12-13,17H,3,10-11H2,1-2H3. The lowest BCUT2D eigenvalue weighted by Crippen LogP contribution is -2.26. The van der Waals surface area contributed by atoms with E-state index in [0.717, 1.165) is 19.7 Å². The van der Waals surface area contributed by atoms with Crippen LogP contribution in [0.15, 0.2) is 41.8 Å². The van der Waals surface area contributed by atoms with E-state index in [2.05, 4.69) is 48.0 Å².